The summed E-state index contributed by atoms with van der Waals surface area (Å²) in [7, 11) is 0. The van der Waals surface area contributed by atoms with E-state index in [9.17, 15) is 0 Å². The largest absolute Gasteiger partial charge is 0.350 e. The number of halogens is 1. The van der Waals surface area contributed by atoms with Gasteiger partial charge in [0.05, 0.1) is 12.7 Å². The van der Waals surface area contributed by atoms with E-state index in [1.807, 2.05) is 0 Å². The summed E-state index contributed by atoms with van der Waals surface area (Å²) in [5.41, 5.74) is 0. The second-order valence-corrected chi connectivity index (χ2v) is 6.09. The molecule has 2 nitrogen and oxygen atoms in total. The summed E-state index contributed by atoms with van der Waals surface area (Å²) in [6, 6.07) is 0. The standard InChI is InChI=1S/C13H23BrO2/c1-10-5-7-13(6-3-4-8-15-13)16-12(10)11(2)9-14/h10-12H,3-9H2,1-2H3/t10-,11+,12+,13+/m1/s1. The zero-order valence-electron chi connectivity index (χ0n) is 10.4. The summed E-state index contributed by atoms with van der Waals surface area (Å²) in [6.45, 7) is 5.45. The molecular weight excluding hydrogens is 268 g/mol. The lowest BCUT2D eigenvalue weighted by atomic mass is 9.84. The van der Waals surface area contributed by atoms with Crippen LogP contribution in [0.4, 0.5) is 0 Å². The molecule has 2 aliphatic rings. The van der Waals surface area contributed by atoms with E-state index in [-0.39, 0.29) is 5.79 Å². The quantitative estimate of drug-likeness (QED) is 0.722. The first-order valence-corrected chi connectivity index (χ1v) is 7.67. The average Bonchev–Trinajstić information content (AvgIpc) is 2.33. The SMILES string of the molecule is C[C@@H]1CC[C@]2(CCCCO2)O[C@@H]1[C@@H](C)CBr. The van der Waals surface area contributed by atoms with Gasteiger partial charge in [0.2, 0.25) is 0 Å². The van der Waals surface area contributed by atoms with Gasteiger partial charge in [0.15, 0.2) is 5.79 Å². The molecule has 2 saturated heterocycles. The van der Waals surface area contributed by atoms with Gasteiger partial charge in [-0.1, -0.05) is 29.8 Å². The van der Waals surface area contributed by atoms with Gasteiger partial charge < -0.3 is 9.47 Å². The monoisotopic (exact) mass is 290 g/mol. The van der Waals surface area contributed by atoms with Crippen molar-refractivity contribution in [3.8, 4) is 0 Å². The molecule has 16 heavy (non-hydrogen) atoms. The summed E-state index contributed by atoms with van der Waals surface area (Å²) in [5, 5.41) is 1.01. The van der Waals surface area contributed by atoms with Crippen molar-refractivity contribution in [1.82, 2.24) is 0 Å². The highest BCUT2D eigenvalue weighted by atomic mass is 79.9. The molecule has 0 radical (unpaired) electrons. The van der Waals surface area contributed by atoms with E-state index < -0.39 is 0 Å². The van der Waals surface area contributed by atoms with Gasteiger partial charge in [0, 0.05) is 18.2 Å². The molecule has 0 amide bonds. The van der Waals surface area contributed by atoms with Gasteiger partial charge >= 0.3 is 0 Å². The lowest BCUT2D eigenvalue weighted by Crippen LogP contribution is -2.50. The third-order valence-electron chi connectivity index (χ3n) is 4.01. The van der Waals surface area contributed by atoms with Crippen LogP contribution in [0.3, 0.4) is 0 Å². The maximum atomic E-state index is 6.33. The van der Waals surface area contributed by atoms with Crippen molar-refractivity contribution in [2.24, 2.45) is 11.8 Å². The highest BCUT2D eigenvalue weighted by molar-refractivity contribution is 9.09. The van der Waals surface area contributed by atoms with Gasteiger partial charge in [-0.05, 0) is 31.1 Å². The predicted octanol–water partition coefficient (Wildman–Crippen LogP) is 3.73. The van der Waals surface area contributed by atoms with Crippen molar-refractivity contribution in [1.29, 1.82) is 0 Å². The zero-order chi connectivity index (χ0) is 11.6. The van der Waals surface area contributed by atoms with Gasteiger partial charge in [-0.15, -0.1) is 0 Å². The molecule has 3 heteroatoms. The molecule has 1 spiro atoms. The van der Waals surface area contributed by atoms with E-state index >= 15 is 0 Å². The van der Waals surface area contributed by atoms with E-state index in [1.54, 1.807) is 0 Å². The molecule has 4 atom stereocenters. The lowest BCUT2D eigenvalue weighted by molar-refractivity contribution is -0.310. The van der Waals surface area contributed by atoms with Gasteiger partial charge in [0.1, 0.15) is 0 Å². The van der Waals surface area contributed by atoms with Crippen LogP contribution in [-0.2, 0) is 9.47 Å². The van der Waals surface area contributed by atoms with Gasteiger partial charge in [-0.25, -0.2) is 0 Å². The molecule has 94 valence electrons. The van der Waals surface area contributed by atoms with Crippen LogP contribution in [0.25, 0.3) is 0 Å². The Morgan fingerprint density at radius 2 is 2.19 bits per heavy atom. The number of rotatable bonds is 2. The minimum Gasteiger partial charge on any atom is -0.350 e. The fourth-order valence-electron chi connectivity index (χ4n) is 2.92. The Kier molecular flexibility index (Phi) is 4.31. The minimum absolute atomic E-state index is 0.230. The van der Waals surface area contributed by atoms with Crippen LogP contribution in [-0.4, -0.2) is 23.8 Å². The maximum Gasteiger partial charge on any atom is 0.168 e. The molecule has 2 fully saturated rings. The summed E-state index contributed by atoms with van der Waals surface area (Å²) >= 11 is 3.57. The molecule has 2 heterocycles. The van der Waals surface area contributed by atoms with E-state index in [0.717, 1.165) is 24.8 Å². The summed E-state index contributed by atoms with van der Waals surface area (Å²) in [6.07, 6.45) is 6.21. The smallest absolute Gasteiger partial charge is 0.168 e. The number of hydrogen-bond donors (Lipinski definition) is 0. The first kappa shape index (κ1) is 12.8. The second-order valence-electron chi connectivity index (χ2n) is 5.45. The van der Waals surface area contributed by atoms with E-state index in [4.69, 9.17) is 9.47 Å². The van der Waals surface area contributed by atoms with Crippen molar-refractivity contribution < 1.29 is 9.47 Å². The molecule has 0 aromatic heterocycles. The summed E-state index contributed by atoms with van der Waals surface area (Å²) in [4.78, 5) is 0. The fourth-order valence-corrected chi connectivity index (χ4v) is 3.29. The first-order chi connectivity index (χ1) is 7.67. The lowest BCUT2D eigenvalue weighted by Gasteiger charge is -2.47. The van der Waals surface area contributed by atoms with Crippen LogP contribution in [0, 0.1) is 11.8 Å². The van der Waals surface area contributed by atoms with Crippen LogP contribution in [0.15, 0.2) is 0 Å². The van der Waals surface area contributed by atoms with Crippen LogP contribution in [0.1, 0.15) is 46.0 Å². The Morgan fingerprint density at radius 3 is 2.81 bits per heavy atom. The molecule has 0 bridgehead atoms. The Morgan fingerprint density at radius 1 is 1.38 bits per heavy atom. The van der Waals surface area contributed by atoms with E-state index in [1.165, 1.54) is 19.3 Å². The normalized spacial score (nSPS) is 42.2. The zero-order valence-corrected chi connectivity index (χ0v) is 12.0. The van der Waals surface area contributed by atoms with E-state index in [0.29, 0.717) is 17.9 Å². The third kappa shape index (κ3) is 2.62. The maximum absolute atomic E-state index is 6.33. The molecule has 0 unspecified atom stereocenters. The molecule has 2 rings (SSSR count). The summed E-state index contributed by atoms with van der Waals surface area (Å²) < 4.78 is 12.3. The summed E-state index contributed by atoms with van der Waals surface area (Å²) in [5.74, 6) is 0.993. The van der Waals surface area contributed by atoms with Crippen molar-refractivity contribution in [3.63, 3.8) is 0 Å². The topological polar surface area (TPSA) is 18.5 Å². The molecule has 0 saturated carbocycles. The van der Waals surface area contributed by atoms with Crippen LogP contribution in [0.5, 0.6) is 0 Å². The van der Waals surface area contributed by atoms with Crippen LogP contribution < -0.4 is 0 Å². The molecule has 2 aliphatic heterocycles. The molecular formula is C13H23BrO2. The van der Waals surface area contributed by atoms with Crippen molar-refractivity contribution in [2.45, 2.75) is 57.8 Å². The van der Waals surface area contributed by atoms with Gasteiger partial charge in [-0.2, -0.15) is 0 Å². The third-order valence-corrected chi connectivity index (χ3v) is 5.03. The highest BCUT2D eigenvalue weighted by Crippen LogP contribution is 2.41. The Balaban J connectivity index is 2.02. The Hall–Kier alpha value is 0.400. The predicted molar refractivity (Wildman–Crippen MR) is 68.8 cm³/mol. The molecule has 0 aromatic rings. The number of alkyl halides is 1. The van der Waals surface area contributed by atoms with E-state index in [2.05, 4.69) is 29.8 Å². The second kappa shape index (κ2) is 5.36. The Labute approximate surface area is 107 Å². The fraction of sp³-hybridized carbons (Fsp3) is 1.00. The minimum atomic E-state index is -0.230. The Bertz CT molecular complexity index is 222. The number of hydrogen-bond acceptors (Lipinski definition) is 2. The molecule has 0 aliphatic carbocycles. The van der Waals surface area contributed by atoms with Gasteiger partial charge in [-0.3, -0.25) is 0 Å². The van der Waals surface area contributed by atoms with Crippen molar-refractivity contribution >= 4 is 15.9 Å². The first-order valence-electron chi connectivity index (χ1n) is 6.54. The van der Waals surface area contributed by atoms with Crippen molar-refractivity contribution in [3.05, 3.63) is 0 Å². The average molecular weight is 291 g/mol. The highest BCUT2D eigenvalue weighted by Gasteiger charge is 2.43. The van der Waals surface area contributed by atoms with Crippen molar-refractivity contribution in [2.75, 3.05) is 11.9 Å². The number of ether oxygens (including phenoxy) is 2. The van der Waals surface area contributed by atoms with Crippen LogP contribution >= 0.6 is 15.9 Å². The molecule has 0 aromatic carbocycles. The molecule has 0 N–H and O–H groups in total. The van der Waals surface area contributed by atoms with Crippen LogP contribution in [0.2, 0.25) is 0 Å². The van der Waals surface area contributed by atoms with Gasteiger partial charge in [0.25, 0.3) is 0 Å².